The van der Waals surface area contributed by atoms with Gasteiger partial charge in [0.15, 0.2) is 5.75 Å². The molecule has 1 fully saturated rings. The van der Waals surface area contributed by atoms with E-state index in [1.165, 1.54) is 6.42 Å². The average Bonchev–Trinajstić information content (AvgIpc) is 2.38. The molecule has 0 spiro atoms. The second kappa shape index (κ2) is 4.63. The molecule has 1 heterocycles. The Morgan fingerprint density at radius 2 is 1.95 bits per heavy atom. The van der Waals surface area contributed by atoms with Crippen LogP contribution in [0.1, 0.15) is 43.2 Å². The van der Waals surface area contributed by atoms with Crippen molar-refractivity contribution in [3.63, 3.8) is 0 Å². The molecular weight excluding hydrogens is 262 g/mol. The highest BCUT2D eigenvalue weighted by Gasteiger charge is 2.31. The lowest BCUT2D eigenvalue weighted by Crippen LogP contribution is -2.27. The van der Waals surface area contributed by atoms with Gasteiger partial charge in [-0.15, -0.1) is 4.40 Å². The van der Waals surface area contributed by atoms with Gasteiger partial charge in [-0.3, -0.25) is 0 Å². The largest absolute Gasteiger partial charge is 0.428 e. The Kier molecular flexibility index (Phi) is 3.09. The summed E-state index contributed by atoms with van der Waals surface area (Å²) < 4.78 is 32.4. The van der Waals surface area contributed by atoms with Crippen molar-refractivity contribution in [1.29, 1.82) is 0 Å². The molecule has 0 bridgehead atoms. The summed E-state index contributed by atoms with van der Waals surface area (Å²) in [5.41, 5.74) is 2.61. The van der Waals surface area contributed by atoms with Gasteiger partial charge in [0.25, 0.3) is 0 Å². The minimum Gasteiger partial charge on any atom is -0.365 e. The molecule has 102 valence electrons. The van der Waals surface area contributed by atoms with Crippen LogP contribution in [-0.2, 0) is 10.3 Å². The molecule has 5 heteroatoms. The first-order valence-electron chi connectivity index (χ1n) is 6.71. The van der Waals surface area contributed by atoms with Crippen molar-refractivity contribution in [2.24, 2.45) is 10.3 Å². The molecule has 4 nitrogen and oxygen atoms in total. The van der Waals surface area contributed by atoms with E-state index >= 15 is 0 Å². The Hall–Kier alpha value is -1.36. The van der Waals surface area contributed by atoms with Gasteiger partial charge >= 0.3 is 10.3 Å². The SMILES string of the molecule is Cc1cccc2c1C(C1CCCCC1)=NS(=O)(=O)O2. The van der Waals surface area contributed by atoms with Crippen molar-refractivity contribution in [2.75, 3.05) is 0 Å². The third-order valence-corrected chi connectivity index (χ3v) is 4.70. The molecule has 0 N–H and O–H groups in total. The number of benzene rings is 1. The summed E-state index contributed by atoms with van der Waals surface area (Å²) in [6, 6.07) is 5.49. The van der Waals surface area contributed by atoms with Gasteiger partial charge in [-0.2, -0.15) is 8.42 Å². The molecule has 0 aromatic heterocycles. The van der Waals surface area contributed by atoms with Gasteiger partial charge in [0.1, 0.15) is 0 Å². The molecule has 1 aromatic rings. The second-order valence-electron chi connectivity index (χ2n) is 5.27. The van der Waals surface area contributed by atoms with Gasteiger partial charge in [0.2, 0.25) is 0 Å². The Morgan fingerprint density at radius 3 is 2.68 bits per heavy atom. The van der Waals surface area contributed by atoms with E-state index in [4.69, 9.17) is 4.18 Å². The maximum Gasteiger partial charge on any atom is 0.428 e. The van der Waals surface area contributed by atoms with Crippen molar-refractivity contribution in [3.8, 4) is 5.75 Å². The number of hydrogen-bond donors (Lipinski definition) is 0. The van der Waals surface area contributed by atoms with E-state index in [9.17, 15) is 8.42 Å². The minimum absolute atomic E-state index is 0.243. The fourth-order valence-corrected chi connectivity index (χ4v) is 3.88. The Labute approximate surface area is 113 Å². The lowest BCUT2D eigenvalue weighted by molar-refractivity contribution is 0.435. The van der Waals surface area contributed by atoms with Crippen LogP contribution in [0, 0.1) is 12.8 Å². The molecule has 2 aliphatic rings. The molecule has 0 unspecified atom stereocenters. The lowest BCUT2D eigenvalue weighted by atomic mass is 9.82. The lowest BCUT2D eigenvalue weighted by Gasteiger charge is -2.27. The highest BCUT2D eigenvalue weighted by Crippen LogP contribution is 2.36. The monoisotopic (exact) mass is 279 g/mol. The molecule has 0 atom stereocenters. The molecule has 0 radical (unpaired) electrons. The summed E-state index contributed by atoms with van der Waals surface area (Å²) in [6.07, 6.45) is 5.55. The number of nitrogens with zero attached hydrogens (tertiary/aromatic N) is 1. The number of aryl methyl sites for hydroxylation is 1. The average molecular weight is 279 g/mol. The van der Waals surface area contributed by atoms with E-state index in [1.54, 1.807) is 6.07 Å². The highest BCUT2D eigenvalue weighted by atomic mass is 32.2. The molecule has 3 rings (SSSR count). The van der Waals surface area contributed by atoms with E-state index in [0.717, 1.165) is 36.8 Å². The fourth-order valence-electron chi connectivity index (χ4n) is 2.99. The zero-order valence-electron chi connectivity index (χ0n) is 10.9. The summed E-state index contributed by atoms with van der Waals surface area (Å²) in [5, 5.41) is 0. The standard InChI is InChI=1S/C14H17NO3S/c1-10-6-5-9-12-13(10)14(15-19(16,17)18-12)11-7-3-2-4-8-11/h5-6,9,11H,2-4,7-8H2,1H3. The highest BCUT2D eigenvalue weighted by molar-refractivity contribution is 7.86. The van der Waals surface area contributed by atoms with Crippen LogP contribution >= 0.6 is 0 Å². The zero-order chi connectivity index (χ0) is 13.5. The van der Waals surface area contributed by atoms with Gasteiger partial charge < -0.3 is 4.18 Å². The third-order valence-electron chi connectivity index (χ3n) is 3.89. The van der Waals surface area contributed by atoms with Crippen LogP contribution in [0.3, 0.4) is 0 Å². The third kappa shape index (κ3) is 2.39. The molecule has 0 saturated heterocycles. The van der Waals surface area contributed by atoms with Crippen LogP contribution in [0.4, 0.5) is 0 Å². The maximum absolute atomic E-state index is 11.8. The summed E-state index contributed by atoms with van der Waals surface area (Å²) in [5.74, 6) is 0.669. The van der Waals surface area contributed by atoms with E-state index in [2.05, 4.69) is 4.40 Å². The summed E-state index contributed by atoms with van der Waals surface area (Å²) in [6.45, 7) is 1.97. The Morgan fingerprint density at radius 1 is 1.21 bits per heavy atom. The molecule has 1 aromatic carbocycles. The molecular formula is C14H17NO3S. The molecule has 19 heavy (non-hydrogen) atoms. The minimum atomic E-state index is -3.82. The smallest absolute Gasteiger partial charge is 0.365 e. The zero-order valence-corrected chi connectivity index (χ0v) is 11.7. The quantitative estimate of drug-likeness (QED) is 0.794. The summed E-state index contributed by atoms with van der Waals surface area (Å²) in [4.78, 5) is 0. The Bertz CT molecular complexity index is 628. The van der Waals surface area contributed by atoms with Crippen LogP contribution in [-0.4, -0.2) is 14.1 Å². The topological polar surface area (TPSA) is 55.7 Å². The predicted molar refractivity (Wildman–Crippen MR) is 73.8 cm³/mol. The molecule has 1 aliphatic heterocycles. The summed E-state index contributed by atoms with van der Waals surface area (Å²) in [7, 11) is -3.82. The van der Waals surface area contributed by atoms with Gasteiger partial charge in [0, 0.05) is 11.5 Å². The van der Waals surface area contributed by atoms with Crippen molar-refractivity contribution in [1.82, 2.24) is 0 Å². The van der Waals surface area contributed by atoms with Crippen LogP contribution in [0.5, 0.6) is 5.75 Å². The van der Waals surface area contributed by atoms with Gasteiger partial charge in [-0.1, -0.05) is 31.4 Å². The molecule has 0 amide bonds. The first-order chi connectivity index (χ1) is 9.07. The first-order valence-corrected chi connectivity index (χ1v) is 8.07. The van der Waals surface area contributed by atoms with E-state index in [0.29, 0.717) is 11.5 Å². The van der Waals surface area contributed by atoms with E-state index in [-0.39, 0.29) is 5.92 Å². The van der Waals surface area contributed by atoms with E-state index < -0.39 is 10.3 Å². The first kappa shape index (κ1) is 12.7. The number of rotatable bonds is 1. The molecule has 1 aliphatic carbocycles. The number of fused-ring (bicyclic) bond motifs is 1. The van der Waals surface area contributed by atoms with Crippen molar-refractivity contribution in [3.05, 3.63) is 29.3 Å². The molecule has 1 saturated carbocycles. The van der Waals surface area contributed by atoms with Crippen molar-refractivity contribution in [2.45, 2.75) is 39.0 Å². The predicted octanol–water partition coefficient (Wildman–Crippen LogP) is 3.00. The fraction of sp³-hybridized carbons (Fsp3) is 0.500. The number of hydrogen-bond acceptors (Lipinski definition) is 3. The van der Waals surface area contributed by atoms with Crippen molar-refractivity contribution < 1.29 is 12.6 Å². The van der Waals surface area contributed by atoms with Gasteiger partial charge in [-0.25, -0.2) is 0 Å². The van der Waals surface area contributed by atoms with Crippen LogP contribution in [0.2, 0.25) is 0 Å². The second-order valence-corrected chi connectivity index (χ2v) is 6.48. The summed E-state index contributed by atoms with van der Waals surface area (Å²) >= 11 is 0. The maximum atomic E-state index is 11.8. The van der Waals surface area contributed by atoms with Crippen molar-refractivity contribution >= 4 is 16.0 Å². The van der Waals surface area contributed by atoms with E-state index in [1.807, 2.05) is 19.1 Å². The Balaban J connectivity index is 2.12. The van der Waals surface area contributed by atoms with Gasteiger partial charge in [-0.05, 0) is 31.4 Å². The van der Waals surface area contributed by atoms with Crippen LogP contribution in [0.15, 0.2) is 22.6 Å². The van der Waals surface area contributed by atoms with Crippen LogP contribution < -0.4 is 4.18 Å². The normalized spacial score (nSPS) is 22.3. The van der Waals surface area contributed by atoms with Gasteiger partial charge in [0.05, 0.1) is 5.71 Å². The van der Waals surface area contributed by atoms with Crippen LogP contribution in [0.25, 0.3) is 0 Å².